The van der Waals surface area contributed by atoms with Crippen LogP contribution in [0, 0.1) is 0 Å². The Morgan fingerprint density at radius 2 is 0.709 bits per heavy atom. The largest absolute Gasteiger partial charge is 0.756 e. The summed E-state index contributed by atoms with van der Waals surface area (Å²) in [6, 6.07) is -0.918. The van der Waals surface area contributed by atoms with Gasteiger partial charge in [-0.25, -0.2) is 0 Å². The highest BCUT2D eigenvalue weighted by molar-refractivity contribution is 7.45. The SMILES string of the molecule is CC/C=C\C/C=C\C/C=C\C/C=C\C/C=C\C/C=C\C/C=C\C/C=C\C/C=C\C/C=C\C/C=C\CCCCCC(=O)NC(COP(=O)([O-])OCC[N+](C)(C)C)C(O)/C=C/CCCCCCCCCCCCCCCCCCCCCCCCCCC. The quantitative estimate of drug-likeness (QED) is 0.0272. The van der Waals surface area contributed by atoms with E-state index in [2.05, 4.69) is 153 Å². The number of carbonyl (C=O) groups excluding carboxylic acids is 1. The second-order valence-electron chi connectivity index (χ2n) is 24.5. The van der Waals surface area contributed by atoms with Crippen molar-refractivity contribution in [3.8, 4) is 0 Å². The molecule has 0 rings (SSSR count). The first-order chi connectivity index (χ1) is 42.0. The van der Waals surface area contributed by atoms with E-state index in [0.29, 0.717) is 23.9 Å². The summed E-state index contributed by atoms with van der Waals surface area (Å²) in [6.45, 7) is 4.52. The molecule has 0 aliphatic carbocycles. The third-order valence-corrected chi connectivity index (χ3v) is 16.0. The van der Waals surface area contributed by atoms with Crippen molar-refractivity contribution in [1.82, 2.24) is 5.32 Å². The fourth-order valence-corrected chi connectivity index (χ4v) is 10.4. The van der Waals surface area contributed by atoms with Crippen molar-refractivity contribution in [1.29, 1.82) is 0 Å². The Balaban J connectivity index is 4.23. The first-order valence-corrected chi connectivity index (χ1v) is 36.7. The number of hydrogen-bond donors (Lipinski definition) is 2. The Bertz CT molecular complexity index is 1910. The van der Waals surface area contributed by atoms with Gasteiger partial charge in [-0.1, -0.05) is 320 Å². The lowest BCUT2D eigenvalue weighted by atomic mass is 10.0. The average molecular weight is 1210 g/mol. The van der Waals surface area contributed by atoms with Gasteiger partial charge in [0, 0.05) is 6.42 Å². The molecule has 0 saturated carbocycles. The van der Waals surface area contributed by atoms with Gasteiger partial charge in [-0.15, -0.1) is 0 Å². The zero-order valence-corrected chi connectivity index (χ0v) is 57.1. The van der Waals surface area contributed by atoms with Gasteiger partial charge in [-0.3, -0.25) is 9.36 Å². The molecule has 86 heavy (non-hydrogen) atoms. The molecule has 0 heterocycles. The zero-order valence-electron chi connectivity index (χ0n) is 56.2. The summed E-state index contributed by atoms with van der Waals surface area (Å²) < 4.78 is 23.4. The zero-order chi connectivity index (χ0) is 62.6. The number of nitrogens with zero attached hydrogens (tertiary/aromatic N) is 1. The van der Waals surface area contributed by atoms with Crippen LogP contribution < -0.4 is 10.2 Å². The van der Waals surface area contributed by atoms with Gasteiger partial charge < -0.3 is 28.8 Å². The van der Waals surface area contributed by atoms with Crippen molar-refractivity contribution in [2.24, 2.45) is 0 Å². The molecule has 0 radical (unpaired) electrons. The molecule has 0 aliphatic heterocycles. The molecule has 3 atom stereocenters. The van der Waals surface area contributed by atoms with Gasteiger partial charge in [-0.05, 0) is 103 Å². The third kappa shape index (κ3) is 67.9. The van der Waals surface area contributed by atoms with Gasteiger partial charge in [-0.2, -0.15) is 0 Å². The fraction of sp³-hybridized carbons (Fsp3) is 0.675. The van der Waals surface area contributed by atoms with Crippen molar-refractivity contribution in [2.75, 3.05) is 40.9 Å². The number of phosphoric ester groups is 1. The van der Waals surface area contributed by atoms with E-state index in [1.165, 1.54) is 148 Å². The number of amides is 1. The summed E-state index contributed by atoms with van der Waals surface area (Å²) in [5, 5.41) is 13.9. The first-order valence-electron chi connectivity index (χ1n) is 35.2. The van der Waals surface area contributed by atoms with Gasteiger partial charge >= 0.3 is 0 Å². The van der Waals surface area contributed by atoms with Crippen LogP contribution in [0.4, 0.5) is 0 Å². The molecule has 0 saturated heterocycles. The lowest BCUT2D eigenvalue weighted by molar-refractivity contribution is -0.870. The van der Waals surface area contributed by atoms with Crippen molar-refractivity contribution < 1.29 is 32.9 Å². The number of aliphatic hydroxyl groups excluding tert-OH is 1. The summed E-state index contributed by atoms with van der Waals surface area (Å²) in [4.78, 5) is 25.6. The number of rotatable bonds is 63. The van der Waals surface area contributed by atoms with E-state index in [-0.39, 0.29) is 12.5 Å². The monoisotopic (exact) mass is 1210 g/mol. The number of nitrogens with one attached hydrogen (secondary N) is 1. The molecule has 0 aromatic heterocycles. The number of hydrogen-bond acceptors (Lipinski definition) is 6. The van der Waals surface area contributed by atoms with Crippen molar-refractivity contribution in [2.45, 2.75) is 296 Å². The number of carbonyl (C=O) groups is 1. The summed E-state index contributed by atoms with van der Waals surface area (Å²) in [5.41, 5.74) is 0. The lowest BCUT2D eigenvalue weighted by Crippen LogP contribution is -2.45. The minimum atomic E-state index is -4.62. The maximum atomic E-state index is 13.0. The van der Waals surface area contributed by atoms with Crippen molar-refractivity contribution in [3.63, 3.8) is 0 Å². The minimum Gasteiger partial charge on any atom is -0.756 e. The summed E-state index contributed by atoms with van der Waals surface area (Å²) in [6.07, 6.45) is 101. The molecule has 0 bridgehead atoms. The maximum absolute atomic E-state index is 13.0. The summed E-state index contributed by atoms with van der Waals surface area (Å²) in [5.74, 6) is -0.232. The number of unbranched alkanes of at least 4 members (excludes halogenated alkanes) is 28. The molecule has 0 aromatic rings. The first kappa shape index (κ1) is 82.4. The second-order valence-corrected chi connectivity index (χ2v) is 25.9. The third-order valence-electron chi connectivity index (χ3n) is 15.1. The molecule has 2 N–H and O–H groups in total. The van der Waals surface area contributed by atoms with Gasteiger partial charge in [0.1, 0.15) is 13.2 Å². The Labute approximate surface area is 531 Å². The van der Waals surface area contributed by atoms with Crippen LogP contribution in [0.25, 0.3) is 0 Å². The molecular formula is C77H133N2O6P. The van der Waals surface area contributed by atoms with Crippen molar-refractivity contribution >= 4 is 13.7 Å². The van der Waals surface area contributed by atoms with Crippen LogP contribution in [0.2, 0.25) is 0 Å². The fourth-order valence-electron chi connectivity index (χ4n) is 9.63. The molecule has 0 aliphatic rings. The summed E-state index contributed by atoms with van der Waals surface area (Å²) in [7, 11) is 1.22. The Morgan fingerprint density at radius 1 is 0.419 bits per heavy atom. The minimum absolute atomic E-state index is 0.0152. The number of phosphoric acid groups is 1. The van der Waals surface area contributed by atoms with Crippen LogP contribution in [0.5, 0.6) is 0 Å². The number of quaternary nitrogens is 1. The standard InChI is InChI=1S/C77H133N2O6P/c1-6-8-10-12-14-16-18-20-22-24-26-28-30-32-34-35-36-37-38-39-40-41-42-43-45-47-49-51-53-55-57-59-61-63-65-67-69-71-77(81)78-75(74-85-86(82,83)84-73-72-79(3,4)5)76(80)70-68-66-64-62-60-58-56-54-52-50-48-46-44-33-31-29-27-25-23-21-19-17-15-13-11-9-7-2/h8,10,14,16,20,22,26,28,32,34,36-37,39-40,42-43,47,49,53,55,59,61,68,70,75-76,80H,6-7,9,11-13,15,17-19,21,23-25,27,29-31,33,35,38,41,44-46,48,50-52,54,56-58,60,62-67,69,71-74H2,1-5H3,(H-,78,81,82,83)/b10-8-,16-14-,22-20-,28-26-,34-32-,37-36-,40-39-,43-42-,49-47-,55-53-,61-59-,70-68+. The molecule has 3 unspecified atom stereocenters. The predicted octanol–water partition coefficient (Wildman–Crippen LogP) is 22.1. The number of allylic oxidation sites excluding steroid dienone is 23. The highest BCUT2D eigenvalue weighted by Crippen LogP contribution is 2.38. The van der Waals surface area contributed by atoms with Gasteiger partial charge in [0.15, 0.2) is 0 Å². The molecule has 492 valence electrons. The van der Waals surface area contributed by atoms with Crippen molar-refractivity contribution in [3.05, 3.63) is 146 Å². The van der Waals surface area contributed by atoms with Gasteiger partial charge in [0.2, 0.25) is 5.91 Å². The van der Waals surface area contributed by atoms with Gasteiger partial charge in [0.25, 0.3) is 7.82 Å². The number of aliphatic hydroxyl groups is 1. The Hall–Kier alpha value is -3.62. The van der Waals surface area contributed by atoms with Crippen LogP contribution in [0.3, 0.4) is 0 Å². The summed E-state index contributed by atoms with van der Waals surface area (Å²) >= 11 is 0. The van der Waals surface area contributed by atoms with Crippen LogP contribution in [-0.4, -0.2) is 68.5 Å². The van der Waals surface area contributed by atoms with E-state index in [9.17, 15) is 19.4 Å². The molecule has 0 spiro atoms. The van der Waals surface area contributed by atoms with Crippen LogP contribution in [0.15, 0.2) is 146 Å². The van der Waals surface area contributed by atoms with Gasteiger partial charge in [0.05, 0.1) is 39.9 Å². The molecule has 0 fully saturated rings. The lowest BCUT2D eigenvalue weighted by Gasteiger charge is -2.29. The highest BCUT2D eigenvalue weighted by atomic mass is 31.2. The van der Waals surface area contributed by atoms with E-state index in [4.69, 9.17) is 9.05 Å². The molecule has 8 nitrogen and oxygen atoms in total. The van der Waals surface area contributed by atoms with E-state index >= 15 is 0 Å². The maximum Gasteiger partial charge on any atom is 0.268 e. The second kappa shape index (κ2) is 65.8. The Morgan fingerprint density at radius 3 is 1.03 bits per heavy atom. The van der Waals surface area contributed by atoms with Crippen LogP contribution in [-0.2, 0) is 18.4 Å². The predicted molar refractivity (Wildman–Crippen MR) is 375 cm³/mol. The van der Waals surface area contributed by atoms with E-state index < -0.39 is 26.6 Å². The molecule has 1 amide bonds. The number of likely N-dealkylation sites (N-methyl/N-ethyl adjacent to an activating group) is 1. The Kier molecular flexibility index (Phi) is 63.0. The average Bonchev–Trinajstić information content (AvgIpc) is 3.70. The normalized spacial score (nSPS) is 14.5. The van der Waals surface area contributed by atoms with E-state index in [1.54, 1.807) is 6.08 Å². The highest BCUT2D eigenvalue weighted by Gasteiger charge is 2.23. The topological polar surface area (TPSA) is 108 Å². The molecular weight excluding hydrogens is 1080 g/mol. The molecule has 0 aromatic carbocycles. The van der Waals surface area contributed by atoms with E-state index in [1.807, 2.05) is 27.2 Å². The van der Waals surface area contributed by atoms with E-state index in [0.717, 1.165) is 109 Å². The smallest absolute Gasteiger partial charge is 0.268 e. The van der Waals surface area contributed by atoms with Crippen LogP contribution >= 0.6 is 7.82 Å². The van der Waals surface area contributed by atoms with Crippen LogP contribution in [0.1, 0.15) is 284 Å². The molecule has 9 heteroatoms.